The van der Waals surface area contributed by atoms with Gasteiger partial charge in [-0.2, -0.15) is 0 Å². The number of fused-ring (bicyclic) bond motifs is 1. The second-order valence-corrected chi connectivity index (χ2v) is 12.2. The summed E-state index contributed by atoms with van der Waals surface area (Å²) < 4.78 is 6.78. The van der Waals surface area contributed by atoms with Crippen LogP contribution in [0.3, 0.4) is 0 Å². The molecule has 42 heavy (non-hydrogen) atoms. The van der Waals surface area contributed by atoms with Gasteiger partial charge in [0.25, 0.3) is 5.91 Å². The summed E-state index contributed by atoms with van der Waals surface area (Å²) >= 11 is 6.15. The Balaban J connectivity index is 1.63. The molecule has 6 atom stereocenters. The Morgan fingerprint density at radius 2 is 1.76 bits per heavy atom. The molecule has 3 aliphatic heterocycles. The van der Waals surface area contributed by atoms with Crippen LogP contribution in [0.2, 0.25) is 5.02 Å². The number of hydrogen-bond donors (Lipinski definition) is 1. The molecule has 0 aromatic heterocycles. The second kappa shape index (κ2) is 11.7. The van der Waals surface area contributed by atoms with E-state index in [-0.39, 0.29) is 30.9 Å². The monoisotopic (exact) mass is 591 g/mol. The SMILES string of the molecule is C=CCN(C)C(=O)[C@H]1[C@H]2C(=O)N([C@@H](CO)Cc3ccccc3)C(C(=O)N(CC=C)c3ccc(Cl)cc3)C23CC[C@]1(C)O3. The van der Waals surface area contributed by atoms with Gasteiger partial charge in [0.15, 0.2) is 0 Å². The summed E-state index contributed by atoms with van der Waals surface area (Å²) in [5, 5.41) is 11.2. The fraction of sp³-hybridized carbons (Fsp3) is 0.424. The number of aliphatic hydroxyl groups is 1. The lowest BCUT2D eigenvalue weighted by Gasteiger charge is -2.39. The maximum Gasteiger partial charge on any atom is 0.253 e. The summed E-state index contributed by atoms with van der Waals surface area (Å²) in [6, 6.07) is 14.7. The van der Waals surface area contributed by atoms with Crippen LogP contribution in [0.5, 0.6) is 0 Å². The van der Waals surface area contributed by atoms with Gasteiger partial charge in [-0.05, 0) is 56.0 Å². The van der Waals surface area contributed by atoms with Gasteiger partial charge in [0, 0.05) is 30.8 Å². The average Bonchev–Trinajstić information content (AvgIpc) is 3.55. The Labute approximate surface area is 252 Å². The zero-order valence-electron chi connectivity index (χ0n) is 24.1. The summed E-state index contributed by atoms with van der Waals surface area (Å²) in [5.41, 5.74) is -0.623. The molecule has 3 heterocycles. The molecule has 1 spiro atoms. The van der Waals surface area contributed by atoms with Gasteiger partial charge in [-0.1, -0.05) is 54.1 Å². The molecule has 2 aromatic rings. The normalized spacial score (nSPS) is 28.3. The van der Waals surface area contributed by atoms with Crippen molar-refractivity contribution in [3.8, 4) is 0 Å². The number of anilines is 1. The smallest absolute Gasteiger partial charge is 0.253 e. The lowest BCUT2D eigenvalue weighted by Crippen LogP contribution is -2.59. The molecule has 3 fully saturated rings. The first-order valence-corrected chi connectivity index (χ1v) is 14.7. The summed E-state index contributed by atoms with van der Waals surface area (Å²) in [6.07, 6.45) is 4.57. The highest BCUT2D eigenvalue weighted by Crippen LogP contribution is 2.64. The van der Waals surface area contributed by atoms with Gasteiger partial charge in [0.1, 0.15) is 11.6 Å². The number of halogens is 1. The van der Waals surface area contributed by atoms with Crippen molar-refractivity contribution in [2.24, 2.45) is 11.8 Å². The molecule has 2 unspecified atom stereocenters. The number of benzene rings is 2. The van der Waals surface area contributed by atoms with Gasteiger partial charge in [-0.15, -0.1) is 13.2 Å². The van der Waals surface area contributed by atoms with E-state index in [2.05, 4.69) is 13.2 Å². The predicted molar refractivity (Wildman–Crippen MR) is 162 cm³/mol. The Kier molecular flexibility index (Phi) is 8.34. The molecular formula is C33H38ClN3O5. The average molecular weight is 592 g/mol. The van der Waals surface area contributed by atoms with Crippen LogP contribution >= 0.6 is 11.6 Å². The number of likely N-dealkylation sites (N-methyl/N-ethyl adjacent to an activating group) is 1. The maximum atomic E-state index is 14.8. The number of likely N-dealkylation sites (tertiary alicyclic amines) is 1. The van der Waals surface area contributed by atoms with Gasteiger partial charge in [-0.25, -0.2) is 0 Å². The van der Waals surface area contributed by atoms with Crippen molar-refractivity contribution in [1.82, 2.24) is 9.80 Å². The number of carbonyl (C=O) groups excluding carboxylic acids is 3. The highest BCUT2D eigenvalue weighted by Gasteiger charge is 2.78. The first-order chi connectivity index (χ1) is 20.1. The number of carbonyl (C=O) groups is 3. The molecule has 8 nitrogen and oxygen atoms in total. The lowest BCUT2D eigenvalue weighted by molar-refractivity contribution is -0.151. The van der Waals surface area contributed by atoms with E-state index in [4.69, 9.17) is 16.3 Å². The first kappa shape index (κ1) is 30.0. The van der Waals surface area contributed by atoms with Gasteiger partial charge in [0.2, 0.25) is 11.8 Å². The van der Waals surface area contributed by atoms with Crippen LogP contribution in [0.4, 0.5) is 5.69 Å². The van der Waals surface area contributed by atoms with Crippen molar-refractivity contribution in [1.29, 1.82) is 0 Å². The summed E-state index contributed by atoms with van der Waals surface area (Å²) in [7, 11) is 1.68. The number of ether oxygens (including phenoxy) is 1. The van der Waals surface area contributed by atoms with Crippen LogP contribution in [-0.4, -0.2) is 82.7 Å². The topological polar surface area (TPSA) is 90.4 Å². The Bertz CT molecular complexity index is 1370. The van der Waals surface area contributed by atoms with Crippen molar-refractivity contribution >= 4 is 35.0 Å². The Morgan fingerprint density at radius 3 is 2.38 bits per heavy atom. The molecule has 3 amide bonds. The molecule has 2 aromatic carbocycles. The van der Waals surface area contributed by atoms with Crippen molar-refractivity contribution in [3.05, 3.63) is 90.5 Å². The Hall–Kier alpha value is -3.46. The number of aliphatic hydroxyl groups excluding tert-OH is 1. The number of hydrogen-bond acceptors (Lipinski definition) is 5. The zero-order chi connectivity index (χ0) is 30.2. The van der Waals surface area contributed by atoms with Crippen LogP contribution in [0.25, 0.3) is 0 Å². The molecule has 0 radical (unpaired) electrons. The van der Waals surface area contributed by atoms with Crippen molar-refractivity contribution < 1.29 is 24.2 Å². The first-order valence-electron chi connectivity index (χ1n) is 14.3. The fourth-order valence-corrected chi connectivity index (χ4v) is 7.42. The largest absolute Gasteiger partial charge is 0.394 e. The van der Waals surface area contributed by atoms with E-state index in [1.165, 1.54) is 4.90 Å². The van der Waals surface area contributed by atoms with Crippen LogP contribution < -0.4 is 4.90 Å². The van der Waals surface area contributed by atoms with Crippen molar-refractivity contribution in [2.75, 3.05) is 31.6 Å². The molecule has 2 bridgehead atoms. The standard InChI is InChI=1S/C33H38ClN3O5/c1-5-18-35(4)29(39)26-27-30(40)37(25(21-38)20-22-10-8-7-9-11-22)28(33(27)17-16-32(26,3)42-33)31(41)36(19-6-2)24-14-12-23(34)13-15-24/h5-15,25-28,38H,1-2,16-21H2,3-4H3/t25-,26-,27+,28?,32+,33?/m1/s1. The molecule has 3 aliphatic rings. The third-order valence-corrected chi connectivity index (χ3v) is 9.38. The van der Waals surface area contributed by atoms with Gasteiger partial charge >= 0.3 is 0 Å². The summed E-state index contributed by atoms with van der Waals surface area (Å²) in [6.45, 7) is 9.63. The zero-order valence-corrected chi connectivity index (χ0v) is 24.9. The molecular weight excluding hydrogens is 554 g/mol. The van der Waals surface area contributed by atoms with Crippen LogP contribution in [-0.2, 0) is 25.5 Å². The highest BCUT2D eigenvalue weighted by atomic mass is 35.5. The second-order valence-electron chi connectivity index (χ2n) is 11.7. The molecule has 9 heteroatoms. The maximum absolute atomic E-state index is 14.8. The van der Waals surface area contributed by atoms with E-state index in [1.807, 2.05) is 37.3 Å². The molecule has 222 valence electrons. The molecule has 5 rings (SSSR count). The molecule has 1 N–H and O–H groups in total. The van der Waals surface area contributed by atoms with Crippen LogP contribution in [0, 0.1) is 11.8 Å². The van der Waals surface area contributed by atoms with E-state index in [9.17, 15) is 19.5 Å². The quantitative estimate of drug-likeness (QED) is 0.401. The summed E-state index contributed by atoms with van der Waals surface area (Å²) in [5.74, 6) is -2.55. The molecule has 0 aliphatic carbocycles. The van der Waals surface area contributed by atoms with E-state index >= 15 is 0 Å². The minimum atomic E-state index is -1.23. The van der Waals surface area contributed by atoms with Crippen LogP contribution in [0.15, 0.2) is 79.9 Å². The third-order valence-electron chi connectivity index (χ3n) is 9.13. The van der Waals surface area contributed by atoms with Gasteiger partial charge < -0.3 is 24.5 Å². The van der Waals surface area contributed by atoms with E-state index in [0.717, 1.165) is 5.56 Å². The van der Waals surface area contributed by atoms with Crippen LogP contribution in [0.1, 0.15) is 25.3 Å². The minimum Gasteiger partial charge on any atom is -0.394 e. The Morgan fingerprint density at radius 1 is 1.10 bits per heavy atom. The lowest BCUT2D eigenvalue weighted by atomic mass is 9.66. The van der Waals surface area contributed by atoms with Gasteiger partial charge in [-0.3, -0.25) is 14.4 Å². The number of rotatable bonds is 11. The highest BCUT2D eigenvalue weighted by molar-refractivity contribution is 6.30. The van der Waals surface area contributed by atoms with Gasteiger partial charge in [0.05, 0.1) is 30.1 Å². The van der Waals surface area contributed by atoms with Crippen molar-refractivity contribution in [3.63, 3.8) is 0 Å². The number of amides is 3. The molecule has 0 saturated carbocycles. The molecule has 3 saturated heterocycles. The van der Waals surface area contributed by atoms with E-state index in [1.54, 1.807) is 53.3 Å². The van der Waals surface area contributed by atoms with E-state index in [0.29, 0.717) is 36.5 Å². The fourth-order valence-electron chi connectivity index (χ4n) is 7.29. The number of nitrogens with zero attached hydrogens (tertiary/aromatic N) is 3. The van der Waals surface area contributed by atoms with E-state index < -0.39 is 35.1 Å². The minimum absolute atomic E-state index is 0.184. The summed E-state index contributed by atoms with van der Waals surface area (Å²) in [4.78, 5) is 47.9. The van der Waals surface area contributed by atoms with Crippen molar-refractivity contribution in [2.45, 2.75) is 49.5 Å². The predicted octanol–water partition coefficient (Wildman–Crippen LogP) is 3.87. The third kappa shape index (κ3) is 4.85.